The second-order valence-electron chi connectivity index (χ2n) is 6.42. The van der Waals surface area contributed by atoms with Crippen LogP contribution >= 0.6 is 11.8 Å². The summed E-state index contributed by atoms with van der Waals surface area (Å²) in [4.78, 5) is 18.5. The van der Waals surface area contributed by atoms with Crippen molar-refractivity contribution in [2.45, 2.75) is 11.5 Å². The number of hydrogen-bond donors (Lipinski definition) is 0. The van der Waals surface area contributed by atoms with Crippen LogP contribution in [0.2, 0.25) is 0 Å². The molecule has 1 fully saturated rings. The van der Waals surface area contributed by atoms with Crippen molar-refractivity contribution < 1.29 is 0 Å². The average molecular weight is 349 g/mol. The number of anilines is 2. The number of pyridine rings is 1. The van der Waals surface area contributed by atoms with Crippen LogP contribution < -0.4 is 9.80 Å². The number of para-hydroxylation sites is 1. The van der Waals surface area contributed by atoms with Crippen molar-refractivity contribution in [2.75, 3.05) is 36.0 Å². The van der Waals surface area contributed by atoms with E-state index in [4.69, 9.17) is 4.98 Å². The first-order valence-electron chi connectivity index (χ1n) is 8.65. The van der Waals surface area contributed by atoms with Gasteiger partial charge in [0.2, 0.25) is 5.95 Å². The third-order valence-corrected chi connectivity index (χ3v) is 5.94. The fourth-order valence-corrected chi connectivity index (χ4v) is 4.79. The average Bonchev–Trinajstić information content (AvgIpc) is 3.15. The molecule has 2 aliphatic heterocycles. The third kappa shape index (κ3) is 2.61. The van der Waals surface area contributed by atoms with Crippen molar-refractivity contribution in [1.82, 2.24) is 15.0 Å². The Labute approximate surface area is 151 Å². The molecule has 5 nitrogen and oxygen atoms in total. The first-order chi connectivity index (χ1) is 12.4. The summed E-state index contributed by atoms with van der Waals surface area (Å²) in [5.41, 5.74) is 5.23. The molecule has 0 unspecified atom stereocenters. The van der Waals surface area contributed by atoms with Gasteiger partial charge in [-0.05, 0) is 12.1 Å². The summed E-state index contributed by atoms with van der Waals surface area (Å²) in [6, 6.07) is 10.4. The Morgan fingerprint density at radius 3 is 2.44 bits per heavy atom. The predicted octanol–water partition coefficient (Wildman–Crippen LogP) is 3.10. The zero-order chi connectivity index (χ0) is 16.6. The van der Waals surface area contributed by atoms with Crippen LogP contribution in [0.25, 0.3) is 10.9 Å². The molecule has 2 aromatic heterocycles. The molecule has 6 heteroatoms. The molecule has 0 amide bonds. The molecule has 3 aromatic rings. The molecular formula is C19H19N5S. The lowest BCUT2D eigenvalue weighted by atomic mass is 10.1. The summed E-state index contributed by atoms with van der Waals surface area (Å²) in [7, 11) is 0. The highest BCUT2D eigenvalue weighted by molar-refractivity contribution is 7.98. The molecule has 0 bridgehead atoms. The number of rotatable bonds is 2. The van der Waals surface area contributed by atoms with Gasteiger partial charge in [-0.2, -0.15) is 11.8 Å². The van der Waals surface area contributed by atoms with Gasteiger partial charge in [-0.1, -0.05) is 18.2 Å². The SMILES string of the molecule is c1cnc(N2CCN(c3c4c(nc5ccccc35)CSC4)CC2)nc1. The first kappa shape index (κ1) is 15.0. The lowest BCUT2D eigenvalue weighted by molar-refractivity contribution is 0.640. The van der Waals surface area contributed by atoms with Crippen LogP contribution in [0.5, 0.6) is 0 Å². The smallest absolute Gasteiger partial charge is 0.225 e. The number of benzene rings is 1. The number of fused-ring (bicyclic) bond motifs is 2. The summed E-state index contributed by atoms with van der Waals surface area (Å²) >= 11 is 1.97. The lowest BCUT2D eigenvalue weighted by Crippen LogP contribution is -2.47. The molecule has 25 heavy (non-hydrogen) atoms. The number of thioether (sulfide) groups is 1. The third-order valence-electron chi connectivity index (χ3n) is 4.96. The van der Waals surface area contributed by atoms with Gasteiger partial charge in [0.15, 0.2) is 0 Å². The van der Waals surface area contributed by atoms with Crippen molar-refractivity contribution in [3.63, 3.8) is 0 Å². The van der Waals surface area contributed by atoms with Crippen molar-refractivity contribution in [3.05, 3.63) is 54.0 Å². The van der Waals surface area contributed by atoms with Gasteiger partial charge >= 0.3 is 0 Å². The van der Waals surface area contributed by atoms with Gasteiger partial charge in [0.25, 0.3) is 0 Å². The van der Waals surface area contributed by atoms with Crippen molar-refractivity contribution in [1.29, 1.82) is 0 Å². The van der Waals surface area contributed by atoms with Crippen LogP contribution in [0.1, 0.15) is 11.3 Å². The fourth-order valence-electron chi connectivity index (χ4n) is 3.75. The molecule has 126 valence electrons. The van der Waals surface area contributed by atoms with Gasteiger partial charge in [0.05, 0.1) is 16.9 Å². The quantitative estimate of drug-likeness (QED) is 0.708. The standard InChI is InChI=1S/C19H19N5S/c1-2-5-16-14(4-1)18(15-12-25-13-17(15)22-16)23-8-10-24(11-9-23)19-20-6-3-7-21-19/h1-7H,8-13H2. The fraction of sp³-hybridized carbons (Fsp3) is 0.316. The van der Waals surface area contributed by atoms with E-state index in [2.05, 4.69) is 44.0 Å². The Balaban J connectivity index is 1.49. The van der Waals surface area contributed by atoms with Crippen LogP contribution in [-0.2, 0) is 11.5 Å². The lowest BCUT2D eigenvalue weighted by Gasteiger charge is -2.37. The maximum Gasteiger partial charge on any atom is 0.225 e. The number of piperazine rings is 1. The van der Waals surface area contributed by atoms with Gasteiger partial charge in [-0.15, -0.1) is 0 Å². The van der Waals surface area contributed by atoms with Crippen LogP contribution in [0.4, 0.5) is 11.6 Å². The molecule has 4 heterocycles. The van der Waals surface area contributed by atoms with E-state index in [0.29, 0.717) is 0 Å². The van der Waals surface area contributed by atoms with Crippen molar-refractivity contribution >= 4 is 34.3 Å². The Bertz CT molecular complexity index is 906. The molecule has 1 saturated heterocycles. The summed E-state index contributed by atoms with van der Waals surface area (Å²) < 4.78 is 0. The minimum absolute atomic E-state index is 0.836. The first-order valence-corrected chi connectivity index (χ1v) is 9.81. The summed E-state index contributed by atoms with van der Waals surface area (Å²) in [6.45, 7) is 3.87. The molecule has 2 aliphatic rings. The predicted molar refractivity (Wildman–Crippen MR) is 103 cm³/mol. The van der Waals surface area contributed by atoms with Gasteiger partial charge in [-0.3, -0.25) is 4.98 Å². The van der Waals surface area contributed by atoms with Gasteiger partial charge < -0.3 is 9.80 Å². The molecule has 1 aromatic carbocycles. The largest absolute Gasteiger partial charge is 0.367 e. The molecule has 0 N–H and O–H groups in total. The maximum atomic E-state index is 4.90. The molecule has 0 saturated carbocycles. The Kier molecular flexibility index (Phi) is 3.70. The zero-order valence-electron chi connectivity index (χ0n) is 13.9. The normalized spacial score (nSPS) is 17.1. The molecule has 0 radical (unpaired) electrons. The number of nitrogens with zero attached hydrogens (tertiary/aromatic N) is 5. The molecule has 0 atom stereocenters. The van der Waals surface area contributed by atoms with Crippen molar-refractivity contribution in [2.24, 2.45) is 0 Å². The Hall–Kier alpha value is -2.34. The minimum atomic E-state index is 0.836. The van der Waals surface area contributed by atoms with Gasteiger partial charge in [0, 0.05) is 61.0 Å². The van der Waals surface area contributed by atoms with E-state index < -0.39 is 0 Å². The highest BCUT2D eigenvalue weighted by Gasteiger charge is 2.26. The molecule has 0 aliphatic carbocycles. The minimum Gasteiger partial charge on any atom is -0.367 e. The highest BCUT2D eigenvalue weighted by Crippen LogP contribution is 2.40. The molecule has 0 spiro atoms. The van der Waals surface area contributed by atoms with E-state index in [0.717, 1.165) is 49.1 Å². The van der Waals surface area contributed by atoms with E-state index in [1.54, 1.807) is 0 Å². The number of aromatic nitrogens is 3. The maximum absolute atomic E-state index is 4.90. The van der Waals surface area contributed by atoms with Crippen molar-refractivity contribution in [3.8, 4) is 0 Å². The number of hydrogen-bond acceptors (Lipinski definition) is 6. The summed E-state index contributed by atoms with van der Waals surface area (Å²) in [5, 5.41) is 1.29. The second-order valence-corrected chi connectivity index (χ2v) is 7.40. The van der Waals surface area contributed by atoms with Crippen LogP contribution in [0.15, 0.2) is 42.7 Å². The summed E-state index contributed by atoms with van der Waals surface area (Å²) in [5.74, 6) is 2.94. The molecule has 5 rings (SSSR count). The van der Waals surface area contributed by atoms with Crippen LogP contribution in [0, 0.1) is 0 Å². The topological polar surface area (TPSA) is 45.2 Å². The van der Waals surface area contributed by atoms with E-state index in [9.17, 15) is 0 Å². The van der Waals surface area contributed by atoms with E-state index >= 15 is 0 Å². The second kappa shape index (κ2) is 6.19. The Morgan fingerprint density at radius 1 is 0.840 bits per heavy atom. The molecular weight excluding hydrogens is 330 g/mol. The Morgan fingerprint density at radius 2 is 1.60 bits per heavy atom. The van der Waals surface area contributed by atoms with Crippen LogP contribution in [0.3, 0.4) is 0 Å². The zero-order valence-corrected chi connectivity index (χ0v) is 14.7. The highest BCUT2D eigenvalue weighted by atomic mass is 32.2. The van der Waals surface area contributed by atoms with E-state index in [1.165, 1.54) is 22.3 Å². The van der Waals surface area contributed by atoms with Gasteiger partial charge in [-0.25, -0.2) is 9.97 Å². The van der Waals surface area contributed by atoms with E-state index in [-0.39, 0.29) is 0 Å². The van der Waals surface area contributed by atoms with E-state index in [1.807, 2.05) is 30.2 Å². The van der Waals surface area contributed by atoms with Gasteiger partial charge in [0.1, 0.15) is 0 Å². The van der Waals surface area contributed by atoms with Crippen LogP contribution in [-0.4, -0.2) is 41.1 Å². The summed E-state index contributed by atoms with van der Waals surface area (Å²) in [6.07, 6.45) is 3.63. The monoisotopic (exact) mass is 349 g/mol.